The number of hydrogen-bond donors (Lipinski definition) is 0. The van der Waals surface area contributed by atoms with Crippen LogP contribution in [0.2, 0.25) is 0 Å². The molecule has 0 aliphatic heterocycles. The molecule has 3 rings (SSSR count). The molecule has 0 fully saturated rings. The van der Waals surface area contributed by atoms with E-state index < -0.39 is 0 Å². The van der Waals surface area contributed by atoms with Gasteiger partial charge in [-0.1, -0.05) is 54.2 Å². The molecule has 0 atom stereocenters. The number of ether oxygens (including phenoxy) is 1. The Morgan fingerprint density at radius 2 is 1.91 bits per heavy atom. The third kappa shape index (κ3) is 3.98. The highest BCUT2D eigenvalue weighted by Gasteiger charge is 2.05. The van der Waals surface area contributed by atoms with Crippen LogP contribution in [0.1, 0.15) is 11.1 Å². The van der Waals surface area contributed by atoms with E-state index >= 15 is 0 Å². The van der Waals surface area contributed by atoms with E-state index in [2.05, 4.69) is 27.4 Å². The van der Waals surface area contributed by atoms with Crippen LogP contribution < -0.4 is 4.74 Å². The van der Waals surface area contributed by atoms with Crippen LogP contribution in [0.5, 0.6) is 5.75 Å². The summed E-state index contributed by atoms with van der Waals surface area (Å²) in [6.45, 7) is 0. The van der Waals surface area contributed by atoms with Crippen molar-refractivity contribution in [2.24, 2.45) is 5.10 Å². The third-order valence-corrected chi connectivity index (χ3v) is 4.18. The van der Waals surface area contributed by atoms with Gasteiger partial charge in [0, 0.05) is 11.3 Å². The molecule has 0 bridgehead atoms. The van der Waals surface area contributed by atoms with Crippen molar-refractivity contribution in [1.29, 1.82) is 0 Å². The highest BCUT2D eigenvalue weighted by molar-refractivity contribution is 7.98. The molecule has 0 N–H and O–H groups in total. The first-order valence-electron chi connectivity index (χ1n) is 7.11. The van der Waals surface area contributed by atoms with Gasteiger partial charge in [0.15, 0.2) is 0 Å². The number of methoxy groups -OCH3 is 1. The van der Waals surface area contributed by atoms with Crippen molar-refractivity contribution in [3.8, 4) is 5.75 Å². The molecule has 0 radical (unpaired) electrons. The summed E-state index contributed by atoms with van der Waals surface area (Å²) in [6.07, 6.45) is 3.34. The molecule has 2 aromatic carbocycles. The standard InChI is InChI=1S/C17H16N4OS/c1-22-16-10-6-5-9-15(16)11-19-21-13-18-20-17(21)23-12-14-7-3-2-4-8-14/h2-11,13H,12H2,1H3. The Morgan fingerprint density at radius 1 is 1.13 bits per heavy atom. The summed E-state index contributed by atoms with van der Waals surface area (Å²) in [6, 6.07) is 18.0. The Kier molecular flexibility index (Phi) is 5.06. The first kappa shape index (κ1) is 15.3. The van der Waals surface area contributed by atoms with E-state index in [1.165, 1.54) is 5.56 Å². The number of thioether (sulfide) groups is 1. The first-order valence-corrected chi connectivity index (χ1v) is 8.09. The van der Waals surface area contributed by atoms with Gasteiger partial charge in [-0.25, -0.2) is 0 Å². The zero-order valence-corrected chi connectivity index (χ0v) is 13.5. The zero-order chi connectivity index (χ0) is 15.9. The molecular formula is C17H16N4OS. The molecule has 116 valence electrons. The third-order valence-electron chi connectivity index (χ3n) is 3.17. The average molecular weight is 324 g/mol. The van der Waals surface area contributed by atoms with Gasteiger partial charge in [-0.15, -0.1) is 10.2 Å². The quantitative estimate of drug-likeness (QED) is 0.515. The molecule has 23 heavy (non-hydrogen) atoms. The maximum absolute atomic E-state index is 5.31. The number of aromatic nitrogens is 3. The van der Waals surface area contributed by atoms with Crippen molar-refractivity contribution in [3.63, 3.8) is 0 Å². The lowest BCUT2D eigenvalue weighted by atomic mass is 10.2. The van der Waals surface area contributed by atoms with Gasteiger partial charge in [-0.3, -0.25) is 0 Å². The summed E-state index contributed by atoms with van der Waals surface area (Å²) in [5.41, 5.74) is 2.14. The molecule has 0 saturated heterocycles. The van der Waals surface area contributed by atoms with E-state index in [0.29, 0.717) is 0 Å². The molecule has 0 aliphatic carbocycles. The number of hydrogen-bond acceptors (Lipinski definition) is 5. The second kappa shape index (κ2) is 7.60. The van der Waals surface area contributed by atoms with Gasteiger partial charge in [-0.05, 0) is 17.7 Å². The Hall–Kier alpha value is -2.60. The smallest absolute Gasteiger partial charge is 0.212 e. The van der Waals surface area contributed by atoms with Crippen molar-refractivity contribution in [1.82, 2.24) is 14.9 Å². The van der Waals surface area contributed by atoms with Gasteiger partial charge in [0.25, 0.3) is 0 Å². The lowest BCUT2D eigenvalue weighted by Gasteiger charge is -2.04. The number of benzene rings is 2. The van der Waals surface area contributed by atoms with E-state index in [9.17, 15) is 0 Å². The molecule has 0 amide bonds. The van der Waals surface area contributed by atoms with Gasteiger partial charge < -0.3 is 4.74 Å². The van der Waals surface area contributed by atoms with Crippen LogP contribution in [-0.2, 0) is 5.75 Å². The van der Waals surface area contributed by atoms with Crippen LogP contribution in [0.15, 0.2) is 71.2 Å². The largest absolute Gasteiger partial charge is 0.496 e. The van der Waals surface area contributed by atoms with Crippen LogP contribution >= 0.6 is 11.8 Å². The summed E-state index contributed by atoms with van der Waals surface area (Å²) < 4.78 is 6.98. The van der Waals surface area contributed by atoms with E-state index in [-0.39, 0.29) is 0 Å². The minimum absolute atomic E-state index is 0.750. The zero-order valence-electron chi connectivity index (χ0n) is 12.7. The van der Waals surface area contributed by atoms with E-state index in [0.717, 1.165) is 22.2 Å². The van der Waals surface area contributed by atoms with E-state index in [1.807, 2.05) is 42.5 Å². The fourth-order valence-electron chi connectivity index (χ4n) is 2.01. The Morgan fingerprint density at radius 3 is 2.74 bits per heavy atom. The normalized spacial score (nSPS) is 11.0. The predicted octanol–water partition coefficient (Wildman–Crippen LogP) is 3.46. The lowest BCUT2D eigenvalue weighted by molar-refractivity contribution is 0.414. The first-order chi connectivity index (χ1) is 11.4. The van der Waals surface area contributed by atoms with Crippen LogP contribution in [0, 0.1) is 0 Å². The number of nitrogens with zero attached hydrogens (tertiary/aromatic N) is 4. The monoisotopic (exact) mass is 324 g/mol. The maximum atomic E-state index is 5.31. The van der Waals surface area contributed by atoms with Crippen LogP contribution in [0.3, 0.4) is 0 Å². The van der Waals surface area contributed by atoms with Gasteiger partial charge in [-0.2, -0.15) is 9.78 Å². The Bertz CT molecular complexity index is 786. The highest BCUT2D eigenvalue weighted by atomic mass is 32.2. The number of para-hydroxylation sites is 1. The maximum Gasteiger partial charge on any atom is 0.212 e. The molecule has 1 aromatic heterocycles. The van der Waals surface area contributed by atoms with Gasteiger partial charge >= 0.3 is 0 Å². The second-order valence-corrected chi connectivity index (χ2v) is 5.66. The van der Waals surface area contributed by atoms with Crippen LogP contribution in [0.25, 0.3) is 0 Å². The SMILES string of the molecule is COc1ccccc1C=Nn1cnnc1SCc1ccccc1. The van der Waals surface area contributed by atoms with Crippen LogP contribution in [0.4, 0.5) is 0 Å². The minimum Gasteiger partial charge on any atom is -0.496 e. The van der Waals surface area contributed by atoms with Gasteiger partial charge in [0.2, 0.25) is 5.16 Å². The number of rotatable bonds is 6. The Balaban J connectivity index is 1.72. The summed E-state index contributed by atoms with van der Waals surface area (Å²) in [4.78, 5) is 0. The molecule has 0 unspecified atom stereocenters. The topological polar surface area (TPSA) is 52.3 Å². The Labute approximate surface area is 139 Å². The minimum atomic E-state index is 0.750. The molecule has 1 heterocycles. The van der Waals surface area contributed by atoms with Crippen molar-refractivity contribution in [2.75, 3.05) is 7.11 Å². The fraction of sp³-hybridized carbons (Fsp3) is 0.118. The molecule has 6 heteroatoms. The van der Waals surface area contributed by atoms with Crippen molar-refractivity contribution < 1.29 is 4.74 Å². The van der Waals surface area contributed by atoms with E-state index in [1.54, 1.807) is 36.1 Å². The molecule has 0 saturated carbocycles. The molecular weight excluding hydrogens is 308 g/mol. The molecule has 0 spiro atoms. The predicted molar refractivity (Wildman–Crippen MR) is 92.0 cm³/mol. The van der Waals surface area contributed by atoms with Crippen molar-refractivity contribution >= 4 is 18.0 Å². The summed E-state index contributed by atoms with van der Waals surface area (Å²) >= 11 is 1.60. The molecule has 5 nitrogen and oxygen atoms in total. The lowest BCUT2D eigenvalue weighted by Crippen LogP contribution is -1.95. The highest BCUT2D eigenvalue weighted by Crippen LogP contribution is 2.20. The van der Waals surface area contributed by atoms with Gasteiger partial charge in [0.05, 0.1) is 13.3 Å². The van der Waals surface area contributed by atoms with Crippen molar-refractivity contribution in [3.05, 3.63) is 72.1 Å². The summed E-state index contributed by atoms with van der Waals surface area (Å²) in [5.74, 6) is 1.60. The summed E-state index contributed by atoms with van der Waals surface area (Å²) in [7, 11) is 1.65. The van der Waals surface area contributed by atoms with Gasteiger partial charge in [0.1, 0.15) is 12.1 Å². The van der Waals surface area contributed by atoms with Crippen molar-refractivity contribution in [2.45, 2.75) is 10.9 Å². The van der Waals surface area contributed by atoms with E-state index in [4.69, 9.17) is 4.74 Å². The second-order valence-electron chi connectivity index (χ2n) is 4.72. The molecule has 0 aliphatic rings. The summed E-state index contributed by atoms with van der Waals surface area (Å²) in [5, 5.41) is 13.2. The average Bonchev–Trinajstić information content (AvgIpc) is 3.06. The fourth-order valence-corrected chi connectivity index (χ4v) is 2.83. The van der Waals surface area contributed by atoms with Crippen LogP contribution in [-0.4, -0.2) is 28.2 Å². The molecule has 3 aromatic rings.